The summed E-state index contributed by atoms with van der Waals surface area (Å²) in [6.07, 6.45) is 0.769. The molecule has 0 amide bonds. The van der Waals surface area contributed by atoms with E-state index in [2.05, 4.69) is 0 Å². The molecule has 4 rings (SSSR count). The molecule has 0 bridgehead atoms. The first kappa shape index (κ1) is 17.0. The van der Waals surface area contributed by atoms with E-state index in [0.717, 1.165) is 5.56 Å². The quantitative estimate of drug-likeness (QED) is 0.877. The number of halogens is 1. The standard InChI is InChI=1S/C22H17FN2O2/c23-17-9-5-4-8-15(17)20-16(12-24)22(25)27-19-11-14(10-18(26)21(19)20)13-6-2-1-3-7-13/h1-9,14,20H,10-11,25H2/t14-,20-/m0/s1. The molecule has 2 aliphatic rings. The van der Waals surface area contributed by atoms with Crippen molar-refractivity contribution in [2.24, 2.45) is 5.73 Å². The molecule has 4 nitrogen and oxygen atoms in total. The summed E-state index contributed by atoms with van der Waals surface area (Å²) in [7, 11) is 0. The minimum Gasteiger partial charge on any atom is -0.444 e. The Labute approximate surface area is 156 Å². The Morgan fingerprint density at radius 2 is 1.78 bits per heavy atom. The number of nitrogens with zero attached hydrogens (tertiary/aromatic N) is 1. The van der Waals surface area contributed by atoms with E-state index in [1.807, 2.05) is 36.4 Å². The second-order valence-electron chi connectivity index (χ2n) is 6.72. The molecule has 0 fully saturated rings. The van der Waals surface area contributed by atoms with Gasteiger partial charge in [-0.15, -0.1) is 0 Å². The number of hydrogen-bond donors (Lipinski definition) is 1. The molecule has 2 N–H and O–H groups in total. The fourth-order valence-electron chi connectivity index (χ4n) is 3.89. The number of ether oxygens (including phenoxy) is 1. The van der Waals surface area contributed by atoms with Gasteiger partial charge in [-0.1, -0.05) is 48.5 Å². The molecule has 1 aliphatic carbocycles. The van der Waals surface area contributed by atoms with Crippen molar-refractivity contribution in [2.75, 3.05) is 0 Å². The summed E-state index contributed by atoms with van der Waals surface area (Å²) < 4.78 is 20.2. The topological polar surface area (TPSA) is 76.1 Å². The minimum atomic E-state index is -0.829. The minimum absolute atomic E-state index is 0.0323. The van der Waals surface area contributed by atoms with Crippen molar-refractivity contribution in [2.45, 2.75) is 24.7 Å². The van der Waals surface area contributed by atoms with Crippen LogP contribution in [-0.2, 0) is 9.53 Å². The number of rotatable bonds is 2. The summed E-state index contributed by atoms with van der Waals surface area (Å²) in [5.41, 5.74) is 7.69. The zero-order chi connectivity index (χ0) is 19.0. The van der Waals surface area contributed by atoms with E-state index in [1.54, 1.807) is 18.2 Å². The van der Waals surface area contributed by atoms with Crippen molar-refractivity contribution in [1.82, 2.24) is 0 Å². The van der Waals surface area contributed by atoms with Crippen LogP contribution >= 0.6 is 0 Å². The Morgan fingerprint density at radius 1 is 1.07 bits per heavy atom. The Kier molecular flexibility index (Phi) is 4.25. The molecule has 1 heterocycles. The van der Waals surface area contributed by atoms with E-state index in [1.165, 1.54) is 6.07 Å². The number of allylic oxidation sites excluding steroid dienone is 3. The van der Waals surface area contributed by atoms with Gasteiger partial charge in [0.2, 0.25) is 5.88 Å². The predicted octanol–water partition coefficient (Wildman–Crippen LogP) is 4.03. The van der Waals surface area contributed by atoms with Crippen LogP contribution in [0.1, 0.15) is 35.8 Å². The van der Waals surface area contributed by atoms with Crippen LogP contribution in [0.4, 0.5) is 4.39 Å². The van der Waals surface area contributed by atoms with Gasteiger partial charge >= 0.3 is 0 Å². The number of nitrogens with two attached hydrogens (primary N) is 1. The highest BCUT2D eigenvalue weighted by Gasteiger charge is 2.41. The Hall–Kier alpha value is -3.39. The van der Waals surface area contributed by atoms with Gasteiger partial charge in [-0.2, -0.15) is 5.26 Å². The first-order chi connectivity index (χ1) is 13.1. The molecule has 2 aromatic rings. The molecule has 0 saturated carbocycles. The van der Waals surface area contributed by atoms with Crippen LogP contribution in [0.15, 0.2) is 77.4 Å². The van der Waals surface area contributed by atoms with E-state index in [-0.39, 0.29) is 35.1 Å². The third-order valence-corrected chi connectivity index (χ3v) is 5.15. The maximum atomic E-state index is 14.5. The van der Waals surface area contributed by atoms with Gasteiger partial charge in [0, 0.05) is 24.0 Å². The summed E-state index contributed by atoms with van der Waals surface area (Å²) in [6.45, 7) is 0. The van der Waals surface area contributed by atoms with Gasteiger partial charge in [0.25, 0.3) is 0 Å². The molecular weight excluding hydrogens is 343 g/mol. The van der Waals surface area contributed by atoms with Crippen LogP contribution < -0.4 is 5.73 Å². The number of hydrogen-bond acceptors (Lipinski definition) is 4. The van der Waals surface area contributed by atoms with Gasteiger partial charge < -0.3 is 10.5 Å². The second-order valence-corrected chi connectivity index (χ2v) is 6.72. The van der Waals surface area contributed by atoms with Gasteiger partial charge in [0.15, 0.2) is 5.78 Å². The lowest BCUT2D eigenvalue weighted by molar-refractivity contribution is -0.117. The number of nitriles is 1. The number of ketones is 1. The van der Waals surface area contributed by atoms with Crippen LogP contribution in [0, 0.1) is 17.1 Å². The van der Waals surface area contributed by atoms with E-state index in [4.69, 9.17) is 10.5 Å². The predicted molar refractivity (Wildman–Crippen MR) is 97.5 cm³/mol. The lowest BCUT2D eigenvalue weighted by atomic mass is 9.73. The first-order valence-corrected chi connectivity index (χ1v) is 8.73. The van der Waals surface area contributed by atoms with Crippen molar-refractivity contribution < 1.29 is 13.9 Å². The van der Waals surface area contributed by atoms with Crippen molar-refractivity contribution in [3.8, 4) is 6.07 Å². The van der Waals surface area contributed by atoms with Crippen molar-refractivity contribution in [1.29, 1.82) is 5.26 Å². The number of carbonyl (C=O) groups is 1. The second kappa shape index (κ2) is 6.73. The number of carbonyl (C=O) groups excluding carboxylic acids is 1. The lowest BCUT2D eigenvalue weighted by Gasteiger charge is -2.34. The summed E-state index contributed by atoms with van der Waals surface area (Å²) in [6, 6.07) is 17.9. The average Bonchev–Trinajstić information content (AvgIpc) is 2.68. The van der Waals surface area contributed by atoms with Gasteiger partial charge in [0.05, 0.1) is 5.92 Å². The van der Waals surface area contributed by atoms with E-state index in [0.29, 0.717) is 17.8 Å². The summed E-state index contributed by atoms with van der Waals surface area (Å²) in [5, 5.41) is 9.57. The summed E-state index contributed by atoms with van der Waals surface area (Å²) in [4.78, 5) is 13.0. The third kappa shape index (κ3) is 2.89. The lowest BCUT2D eigenvalue weighted by Crippen LogP contribution is -2.30. The maximum absolute atomic E-state index is 14.5. The van der Waals surface area contributed by atoms with Crippen molar-refractivity contribution >= 4 is 5.78 Å². The highest BCUT2D eigenvalue weighted by atomic mass is 19.1. The molecule has 0 saturated heterocycles. The van der Waals surface area contributed by atoms with E-state index < -0.39 is 11.7 Å². The van der Waals surface area contributed by atoms with Crippen molar-refractivity contribution in [3.63, 3.8) is 0 Å². The van der Waals surface area contributed by atoms with E-state index >= 15 is 0 Å². The van der Waals surface area contributed by atoms with Crippen LogP contribution in [-0.4, -0.2) is 5.78 Å². The Balaban J connectivity index is 1.82. The molecule has 27 heavy (non-hydrogen) atoms. The van der Waals surface area contributed by atoms with Crippen LogP contribution in [0.2, 0.25) is 0 Å². The molecule has 0 spiro atoms. The number of benzene rings is 2. The fraction of sp³-hybridized carbons (Fsp3) is 0.182. The zero-order valence-corrected chi connectivity index (χ0v) is 14.5. The molecule has 134 valence electrons. The Bertz CT molecular complexity index is 1020. The first-order valence-electron chi connectivity index (χ1n) is 8.73. The van der Waals surface area contributed by atoms with Gasteiger partial charge in [-0.05, 0) is 17.5 Å². The molecule has 0 aromatic heterocycles. The average molecular weight is 360 g/mol. The maximum Gasteiger partial charge on any atom is 0.205 e. The van der Waals surface area contributed by atoms with Crippen LogP contribution in [0.25, 0.3) is 0 Å². The molecule has 2 aromatic carbocycles. The zero-order valence-electron chi connectivity index (χ0n) is 14.5. The molecular formula is C22H17FN2O2. The molecule has 0 radical (unpaired) electrons. The SMILES string of the molecule is N#CC1=C(N)OC2=C(C(=O)C[C@H](c3ccccc3)C2)[C@H]1c1ccccc1F. The monoisotopic (exact) mass is 360 g/mol. The normalized spacial score (nSPS) is 22.1. The van der Waals surface area contributed by atoms with Gasteiger partial charge in [0.1, 0.15) is 23.2 Å². The van der Waals surface area contributed by atoms with Crippen molar-refractivity contribution in [3.05, 3.63) is 94.3 Å². The highest BCUT2D eigenvalue weighted by molar-refractivity contribution is 6.00. The summed E-state index contributed by atoms with van der Waals surface area (Å²) in [5.74, 6) is -1.11. The largest absolute Gasteiger partial charge is 0.444 e. The smallest absolute Gasteiger partial charge is 0.205 e. The third-order valence-electron chi connectivity index (χ3n) is 5.15. The van der Waals surface area contributed by atoms with Crippen LogP contribution in [0.5, 0.6) is 0 Å². The summed E-state index contributed by atoms with van der Waals surface area (Å²) >= 11 is 0. The molecule has 2 atom stereocenters. The molecule has 0 unspecified atom stereocenters. The van der Waals surface area contributed by atoms with Gasteiger partial charge in [-0.25, -0.2) is 4.39 Å². The van der Waals surface area contributed by atoms with E-state index in [9.17, 15) is 14.4 Å². The Morgan fingerprint density at radius 3 is 2.48 bits per heavy atom. The molecule has 1 aliphatic heterocycles. The number of Topliss-reactive ketones (excluding diaryl/α,β-unsaturated/α-hetero) is 1. The van der Waals surface area contributed by atoms with Crippen LogP contribution in [0.3, 0.4) is 0 Å². The molecule has 5 heteroatoms. The highest BCUT2D eigenvalue weighted by Crippen LogP contribution is 2.47. The van der Waals surface area contributed by atoms with Gasteiger partial charge in [-0.3, -0.25) is 4.79 Å². The fourth-order valence-corrected chi connectivity index (χ4v) is 3.89.